The van der Waals surface area contributed by atoms with Gasteiger partial charge < -0.3 is 0 Å². The lowest BCUT2D eigenvalue weighted by Gasteiger charge is -2.29. The Hall–Kier alpha value is -0.823. The van der Waals surface area contributed by atoms with Crippen molar-refractivity contribution >= 4 is 14.1 Å². The second-order valence-corrected chi connectivity index (χ2v) is 9.83. The largest absolute Gasteiger partial charge is 0.0820 e. The molecule has 0 fully saturated rings. The van der Waals surface area contributed by atoms with Crippen LogP contribution in [0.2, 0.25) is 18.1 Å². The molecule has 0 nitrogen and oxygen atoms in total. The summed E-state index contributed by atoms with van der Waals surface area (Å²) in [6.45, 7) is 7.06. The third-order valence-corrected chi connectivity index (χ3v) is 9.60. The summed E-state index contributed by atoms with van der Waals surface area (Å²) in [6.07, 6.45) is 6.04. The van der Waals surface area contributed by atoms with Gasteiger partial charge in [0.05, 0.1) is 8.07 Å². The molecule has 0 heterocycles. The van der Waals surface area contributed by atoms with Crippen molar-refractivity contribution in [3.63, 3.8) is 0 Å². The molecule has 0 aromatic heterocycles. The van der Waals surface area contributed by atoms with E-state index in [-0.39, 0.29) is 0 Å². The zero-order valence-corrected chi connectivity index (χ0v) is 11.5. The van der Waals surface area contributed by atoms with E-state index in [0.29, 0.717) is 0 Å². The highest BCUT2D eigenvalue weighted by molar-refractivity contribution is 6.87. The predicted molar refractivity (Wildman–Crippen MR) is 74.0 cm³/mol. The third kappa shape index (κ3) is 1.78. The molecule has 0 bridgehead atoms. The Morgan fingerprint density at radius 2 is 1.62 bits per heavy atom. The van der Waals surface area contributed by atoms with E-state index in [0.717, 1.165) is 0 Å². The van der Waals surface area contributed by atoms with Crippen LogP contribution >= 0.6 is 0 Å². The van der Waals surface area contributed by atoms with Gasteiger partial charge in [-0.05, 0) is 11.1 Å². The predicted octanol–water partition coefficient (Wildman–Crippen LogP) is 4.56. The first-order valence-electron chi connectivity index (χ1n) is 6.34. The van der Waals surface area contributed by atoms with Gasteiger partial charge in [0.2, 0.25) is 0 Å². The summed E-state index contributed by atoms with van der Waals surface area (Å²) < 4.78 is 0. The third-order valence-electron chi connectivity index (χ3n) is 4.13. The van der Waals surface area contributed by atoms with Crippen molar-refractivity contribution in [2.45, 2.75) is 38.9 Å². The molecule has 2 rings (SSSR count). The molecule has 16 heavy (non-hydrogen) atoms. The van der Waals surface area contributed by atoms with Crippen LogP contribution in [0.3, 0.4) is 0 Å². The summed E-state index contributed by atoms with van der Waals surface area (Å²) in [7, 11) is -1.23. The highest BCUT2D eigenvalue weighted by Crippen LogP contribution is 2.38. The molecule has 1 aliphatic rings. The fourth-order valence-corrected chi connectivity index (χ4v) is 6.18. The average molecular weight is 228 g/mol. The van der Waals surface area contributed by atoms with Crippen molar-refractivity contribution in [2.24, 2.45) is 0 Å². The van der Waals surface area contributed by atoms with Crippen molar-refractivity contribution < 1.29 is 0 Å². The van der Waals surface area contributed by atoms with Gasteiger partial charge in [0, 0.05) is 6.42 Å². The van der Waals surface area contributed by atoms with Crippen LogP contribution in [0.5, 0.6) is 0 Å². The molecule has 0 atom stereocenters. The molecule has 1 aromatic carbocycles. The fraction of sp³-hybridized carbons (Fsp3) is 0.400. The smallest absolute Gasteiger partial charge is 0.0675 e. The molecule has 2 radical (unpaired) electrons. The first-order valence-corrected chi connectivity index (χ1v) is 8.96. The summed E-state index contributed by atoms with van der Waals surface area (Å²) >= 11 is 0. The van der Waals surface area contributed by atoms with Crippen LogP contribution in [0.4, 0.5) is 0 Å². The molecule has 1 aromatic rings. The van der Waals surface area contributed by atoms with E-state index in [4.69, 9.17) is 0 Å². The van der Waals surface area contributed by atoms with Crippen LogP contribution in [-0.2, 0) is 0 Å². The highest BCUT2D eigenvalue weighted by atomic mass is 28.3. The zero-order valence-electron chi connectivity index (χ0n) is 10.5. The Morgan fingerprint density at radius 1 is 1.00 bits per heavy atom. The molecule has 0 N–H and O–H groups in total. The number of benzene rings is 1. The minimum Gasteiger partial charge on any atom is -0.0675 e. The molecule has 0 spiro atoms. The first kappa shape index (κ1) is 11.7. The quantitative estimate of drug-likeness (QED) is 0.663. The Kier molecular flexibility index (Phi) is 3.34. The standard InChI is InChI=1S/C15H20Si/c1-4-16(5-2,6-3)15-11-13-9-7-8-10-14(13)12-15/h7-11H,4-6H2,1-3H3. The summed E-state index contributed by atoms with van der Waals surface area (Å²) in [6, 6.07) is 12.6. The minimum atomic E-state index is -1.23. The lowest BCUT2D eigenvalue weighted by molar-refractivity contribution is 1.18. The number of allylic oxidation sites excluding steroid dienone is 1. The van der Waals surface area contributed by atoms with Gasteiger partial charge in [-0.2, -0.15) is 0 Å². The summed E-state index contributed by atoms with van der Waals surface area (Å²) in [5.74, 6) is 0. The fourth-order valence-electron chi connectivity index (χ4n) is 2.68. The van der Waals surface area contributed by atoms with Crippen LogP contribution in [0.15, 0.2) is 29.5 Å². The summed E-state index contributed by atoms with van der Waals surface area (Å²) in [5, 5.41) is 1.54. The van der Waals surface area contributed by atoms with E-state index in [2.05, 4.69) is 57.5 Å². The van der Waals surface area contributed by atoms with Crippen LogP contribution in [-0.4, -0.2) is 8.07 Å². The van der Waals surface area contributed by atoms with Gasteiger partial charge >= 0.3 is 0 Å². The lowest BCUT2D eigenvalue weighted by Crippen LogP contribution is -2.34. The van der Waals surface area contributed by atoms with Crippen molar-refractivity contribution in [3.05, 3.63) is 47.0 Å². The molecule has 0 amide bonds. The summed E-state index contributed by atoms with van der Waals surface area (Å²) in [4.78, 5) is 0. The van der Waals surface area contributed by atoms with E-state index in [1.807, 2.05) is 0 Å². The topological polar surface area (TPSA) is 0 Å². The number of hydrogen-bond acceptors (Lipinski definition) is 0. The maximum absolute atomic E-state index is 3.65. The second kappa shape index (κ2) is 4.58. The van der Waals surface area contributed by atoms with Crippen LogP contribution in [0.1, 0.15) is 31.9 Å². The molecule has 84 valence electrons. The van der Waals surface area contributed by atoms with E-state index in [9.17, 15) is 0 Å². The van der Waals surface area contributed by atoms with Crippen LogP contribution in [0, 0.1) is 6.42 Å². The number of hydrogen-bond donors (Lipinski definition) is 0. The first-order chi connectivity index (χ1) is 7.75. The Labute approximate surface area is 100 Å². The van der Waals surface area contributed by atoms with Crippen LogP contribution in [0.25, 0.3) is 6.08 Å². The molecule has 1 aliphatic carbocycles. The minimum absolute atomic E-state index is 1.23. The Balaban J connectivity index is 2.33. The van der Waals surface area contributed by atoms with E-state index >= 15 is 0 Å². The van der Waals surface area contributed by atoms with Gasteiger partial charge in [0.15, 0.2) is 0 Å². The normalized spacial score (nSPS) is 14.8. The average Bonchev–Trinajstić information content (AvgIpc) is 2.76. The second-order valence-electron chi connectivity index (χ2n) is 4.61. The molecule has 1 heteroatoms. The van der Waals surface area contributed by atoms with E-state index < -0.39 is 8.07 Å². The highest BCUT2D eigenvalue weighted by Gasteiger charge is 2.33. The van der Waals surface area contributed by atoms with Gasteiger partial charge in [-0.25, -0.2) is 0 Å². The van der Waals surface area contributed by atoms with Gasteiger partial charge in [0.1, 0.15) is 0 Å². The van der Waals surface area contributed by atoms with Crippen LogP contribution < -0.4 is 0 Å². The van der Waals surface area contributed by atoms with Gasteiger partial charge in [-0.15, -0.1) is 0 Å². The molecule has 0 unspecified atom stereocenters. The zero-order chi connectivity index (χ0) is 11.6. The molecule has 0 saturated heterocycles. The van der Waals surface area contributed by atoms with Gasteiger partial charge in [-0.1, -0.05) is 74.4 Å². The Morgan fingerprint density at radius 3 is 2.19 bits per heavy atom. The van der Waals surface area contributed by atoms with E-state index in [1.165, 1.54) is 29.3 Å². The monoisotopic (exact) mass is 228 g/mol. The molecule has 0 aliphatic heterocycles. The molecular weight excluding hydrogens is 208 g/mol. The maximum atomic E-state index is 3.65. The van der Waals surface area contributed by atoms with Crippen molar-refractivity contribution in [3.8, 4) is 0 Å². The van der Waals surface area contributed by atoms with Gasteiger partial charge in [0.25, 0.3) is 0 Å². The maximum Gasteiger partial charge on any atom is 0.0820 e. The summed E-state index contributed by atoms with van der Waals surface area (Å²) in [5.41, 5.74) is 2.66. The Bertz CT molecular complexity index is 391. The lowest BCUT2D eigenvalue weighted by atomic mass is 10.1. The van der Waals surface area contributed by atoms with E-state index in [1.54, 1.807) is 5.20 Å². The van der Waals surface area contributed by atoms with Crippen molar-refractivity contribution in [2.75, 3.05) is 0 Å². The number of rotatable bonds is 4. The van der Waals surface area contributed by atoms with Gasteiger partial charge in [-0.3, -0.25) is 0 Å². The molecule has 0 saturated carbocycles. The SMILES string of the molecule is CC[Si](CC)(CC)C1=Cc2ccccc2[C]1. The van der Waals surface area contributed by atoms with Crippen molar-refractivity contribution in [1.29, 1.82) is 0 Å². The number of fused-ring (bicyclic) bond motifs is 1. The molecular formula is C15H20Si. The van der Waals surface area contributed by atoms with Crippen molar-refractivity contribution in [1.82, 2.24) is 0 Å².